The van der Waals surface area contributed by atoms with Crippen LogP contribution in [0.1, 0.15) is 12.2 Å². The number of nitrogens with one attached hydrogen (secondary N) is 1. The van der Waals surface area contributed by atoms with E-state index in [0.29, 0.717) is 13.0 Å². The number of aliphatic carboxylic acids is 1. The van der Waals surface area contributed by atoms with Gasteiger partial charge in [0.1, 0.15) is 11.8 Å². The summed E-state index contributed by atoms with van der Waals surface area (Å²) in [6.07, 6.45) is 1.37. The van der Waals surface area contributed by atoms with Crippen LogP contribution in [0.4, 0.5) is 4.79 Å². The molecular formula is C12H16N2O5. The average molecular weight is 268 g/mol. The second kappa shape index (κ2) is 5.75. The maximum absolute atomic E-state index is 11.8. The minimum absolute atomic E-state index is 0.0452. The van der Waals surface area contributed by atoms with Crippen molar-refractivity contribution in [1.29, 1.82) is 0 Å². The molecular weight excluding hydrogens is 252 g/mol. The molecule has 3 N–H and O–H groups in total. The van der Waals surface area contributed by atoms with Crippen molar-refractivity contribution in [2.24, 2.45) is 0 Å². The lowest BCUT2D eigenvalue weighted by Crippen LogP contribution is -2.46. The van der Waals surface area contributed by atoms with Gasteiger partial charge in [-0.05, 0) is 12.1 Å². The molecule has 0 aliphatic carbocycles. The van der Waals surface area contributed by atoms with Crippen LogP contribution in [0.15, 0.2) is 22.8 Å². The quantitative estimate of drug-likeness (QED) is 0.716. The van der Waals surface area contributed by atoms with Crippen molar-refractivity contribution in [2.45, 2.75) is 25.0 Å². The van der Waals surface area contributed by atoms with Gasteiger partial charge in [-0.25, -0.2) is 9.59 Å². The molecule has 1 fully saturated rings. The third-order valence-electron chi connectivity index (χ3n) is 3.05. The van der Waals surface area contributed by atoms with Gasteiger partial charge in [-0.2, -0.15) is 0 Å². The van der Waals surface area contributed by atoms with Gasteiger partial charge in [0.15, 0.2) is 0 Å². The van der Waals surface area contributed by atoms with E-state index in [9.17, 15) is 14.7 Å². The molecule has 0 bridgehead atoms. The molecule has 0 unspecified atom stereocenters. The van der Waals surface area contributed by atoms with E-state index in [1.165, 1.54) is 0 Å². The van der Waals surface area contributed by atoms with Crippen molar-refractivity contribution in [3.63, 3.8) is 0 Å². The third-order valence-corrected chi connectivity index (χ3v) is 3.05. The number of carboxylic acids is 1. The summed E-state index contributed by atoms with van der Waals surface area (Å²) in [6, 6.07) is 2.12. The van der Waals surface area contributed by atoms with Crippen LogP contribution >= 0.6 is 0 Å². The maximum atomic E-state index is 11.8. The van der Waals surface area contributed by atoms with Crippen molar-refractivity contribution in [2.75, 3.05) is 13.1 Å². The smallest absolute Gasteiger partial charge is 0.326 e. The number of urea groups is 1. The summed E-state index contributed by atoms with van der Waals surface area (Å²) in [5, 5.41) is 21.0. The Morgan fingerprint density at radius 3 is 2.95 bits per heavy atom. The number of likely N-dealkylation sites (tertiary alicyclic amines) is 1. The van der Waals surface area contributed by atoms with Gasteiger partial charge in [0.05, 0.1) is 12.4 Å². The largest absolute Gasteiger partial charge is 0.480 e. The number of hydrogen-bond acceptors (Lipinski definition) is 4. The Labute approximate surface area is 109 Å². The maximum Gasteiger partial charge on any atom is 0.326 e. The predicted molar refractivity (Wildman–Crippen MR) is 64.6 cm³/mol. The van der Waals surface area contributed by atoms with Crippen molar-refractivity contribution in [1.82, 2.24) is 10.2 Å². The number of rotatable bonds is 4. The van der Waals surface area contributed by atoms with Crippen LogP contribution in [0.2, 0.25) is 0 Å². The predicted octanol–water partition coefficient (Wildman–Crippen LogP) is 0.0515. The molecule has 1 aliphatic heterocycles. The van der Waals surface area contributed by atoms with Gasteiger partial charge in [-0.1, -0.05) is 0 Å². The molecule has 0 spiro atoms. The SMILES string of the molecule is O=C(O)[C@H]1C[C@@H](O)CN1C(=O)NCCc1ccco1. The zero-order valence-corrected chi connectivity index (χ0v) is 10.3. The monoisotopic (exact) mass is 268 g/mol. The van der Waals surface area contributed by atoms with E-state index in [4.69, 9.17) is 9.52 Å². The van der Waals surface area contributed by atoms with E-state index in [0.717, 1.165) is 10.7 Å². The standard InChI is InChI=1S/C12H16N2O5/c15-8-6-10(11(16)17)14(7-8)12(18)13-4-3-9-2-1-5-19-9/h1-2,5,8,10,15H,3-4,6-7H2,(H,13,18)(H,16,17)/t8-,10-/m1/s1. The number of nitrogens with zero attached hydrogens (tertiary/aromatic N) is 1. The van der Waals surface area contributed by atoms with Crippen LogP contribution < -0.4 is 5.32 Å². The summed E-state index contributed by atoms with van der Waals surface area (Å²) in [5.41, 5.74) is 0. The Bertz CT molecular complexity index is 445. The van der Waals surface area contributed by atoms with Gasteiger partial charge in [-0.3, -0.25) is 0 Å². The second-order valence-electron chi connectivity index (χ2n) is 4.46. The van der Waals surface area contributed by atoms with Gasteiger partial charge < -0.3 is 24.8 Å². The van der Waals surface area contributed by atoms with Crippen LogP contribution in [0.3, 0.4) is 0 Å². The number of amides is 2. The minimum Gasteiger partial charge on any atom is -0.480 e. The fraction of sp³-hybridized carbons (Fsp3) is 0.500. The minimum atomic E-state index is -1.10. The number of carbonyl (C=O) groups excluding carboxylic acids is 1. The lowest BCUT2D eigenvalue weighted by Gasteiger charge is -2.21. The fourth-order valence-electron chi connectivity index (χ4n) is 2.12. The summed E-state index contributed by atoms with van der Waals surface area (Å²) in [4.78, 5) is 24.0. The zero-order valence-electron chi connectivity index (χ0n) is 10.3. The second-order valence-corrected chi connectivity index (χ2v) is 4.46. The van der Waals surface area contributed by atoms with Crippen molar-refractivity contribution >= 4 is 12.0 Å². The first kappa shape index (κ1) is 13.4. The summed E-state index contributed by atoms with van der Waals surface area (Å²) >= 11 is 0. The first-order valence-electron chi connectivity index (χ1n) is 6.05. The van der Waals surface area contributed by atoms with Gasteiger partial charge in [0.25, 0.3) is 0 Å². The zero-order chi connectivity index (χ0) is 13.8. The lowest BCUT2D eigenvalue weighted by molar-refractivity contribution is -0.141. The van der Waals surface area contributed by atoms with Gasteiger partial charge in [-0.15, -0.1) is 0 Å². The molecule has 19 heavy (non-hydrogen) atoms. The molecule has 0 aromatic carbocycles. The molecule has 2 heterocycles. The highest BCUT2D eigenvalue weighted by atomic mass is 16.4. The molecule has 2 rings (SSSR count). The Morgan fingerprint density at radius 2 is 2.32 bits per heavy atom. The van der Waals surface area contributed by atoms with E-state index >= 15 is 0 Å². The molecule has 2 amide bonds. The molecule has 2 atom stereocenters. The van der Waals surface area contributed by atoms with Gasteiger partial charge >= 0.3 is 12.0 Å². The summed E-state index contributed by atoms with van der Waals surface area (Å²) in [6.45, 7) is 0.398. The topological polar surface area (TPSA) is 103 Å². The van der Waals surface area contributed by atoms with Crippen molar-refractivity contribution in [3.8, 4) is 0 Å². The number of carbonyl (C=O) groups is 2. The first-order valence-corrected chi connectivity index (χ1v) is 6.05. The molecule has 1 saturated heterocycles. The van der Waals surface area contributed by atoms with Crippen LogP contribution in [-0.2, 0) is 11.2 Å². The summed E-state index contributed by atoms with van der Waals surface area (Å²) < 4.78 is 5.12. The Hall–Kier alpha value is -2.02. The number of aliphatic hydroxyl groups excluding tert-OH is 1. The van der Waals surface area contributed by atoms with Gasteiger partial charge in [0, 0.05) is 25.9 Å². The molecule has 0 saturated carbocycles. The average Bonchev–Trinajstić information content (AvgIpc) is 2.98. The van der Waals surface area contributed by atoms with Gasteiger partial charge in [0.2, 0.25) is 0 Å². The fourth-order valence-corrected chi connectivity index (χ4v) is 2.12. The number of carboxylic acid groups (broad SMARTS) is 1. The molecule has 0 radical (unpaired) electrons. The van der Waals surface area contributed by atoms with Crippen LogP contribution in [0, 0.1) is 0 Å². The molecule has 1 aromatic heterocycles. The Morgan fingerprint density at radius 1 is 1.53 bits per heavy atom. The number of furan rings is 1. The number of β-amino-alcohol motifs (C(OH)–C–C–N with tert-alkyl or cyclic N) is 1. The third kappa shape index (κ3) is 3.25. The van der Waals surface area contributed by atoms with Crippen LogP contribution in [0.25, 0.3) is 0 Å². The number of aliphatic hydroxyl groups is 1. The summed E-state index contributed by atoms with van der Waals surface area (Å²) in [7, 11) is 0. The van der Waals surface area contributed by atoms with E-state index < -0.39 is 24.1 Å². The van der Waals surface area contributed by atoms with Crippen LogP contribution in [0.5, 0.6) is 0 Å². The molecule has 1 aliphatic rings. The van der Waals surface area contributed by atoms with Crippen LogP contribution in [-0.4, -0.2) is 52.3 Å². The molecule has 104 valence electrons. The van der Waals surface area contributed by atoms with Crippen molar-refractivity contribution in [3.05, 3.63) is 24.2 Å². The highest BCUT2D eigenvalue weighted by Crippen LogP contribution is 2.18. The normalized spacial score (nSPS) is 22.5. The highest BCUT2D eigenvalue weighted by Gasteiger charge is 2.38. The Kier molecular flexibility index (Phi) is 4.06. The molecule has 7 heteroatoms. The van der Waals surface area contributed by atoms with E-state index in [-0.39, 0.29) is 13.0 Å². The first-order chi connectivity index (χ1) is 9.08. The molecule has 7 nitrogen and oxygen atoms in total. The van der Waals surface area contributed by atoms with E-state index in [1.807, 2.05) is 0 Å². The Balaban J connectivity index is 1.83. The highest BCUT2D eigenvalue weighted by molar-refractivity contribution is 5.83. The van der Waals surface area contributed by atoms with Crippen molar-refractivity contribution < 1.29 is 24.2 Å². The molecule has 1 aromatic rings. The lowest BCUT2D eigenvalue weighted by atomic mass is 10.2. The van der Waals surface area contributed by atoms with E-state index in [2.05, 4.69) is 5.32 Å². The summed E-state index contributed by atoms with van der Waals surface area (Å²) in [5.74, 6) is -0.353. The van der Waals surface area contributed by atoms with E-state index in [1.54, 1.807) is 18.4 Å². The number of hydrogen-bond donors (Lipinski definition) is 3.